The molecule has 1 aromatic rings. The van der Waals surface area contributed by atoms with Gasteiger partial charge < -0.3 is 19.8 Å². The van der Waals surface area contributed by atoms with Crippen LogP contribution in [0.25, 0.3) is 0 Å². The molecular formula is C19H30BCl2FN2O5. The maximum Gasteiger partial charge on any atom is 0.465 e. The number of hydrogen-bond acceptors (Lipinski definition) is 6. The standard InChI is InChI=1S/C19H29BClFN2O5.ClH/c1-6-16(25)24-27-17(23)13(20-28-18(2,3)19(4,5)29-20)9-10-26-15-8-7-12(21)11-14(15)22;/h7-8,11,13,17H,6,9-10,23H2,1-5H3,(H,24,25);1H/t13-,17+;/m0./s1. The summed E-state index contributed by atoms with van der Waals surface area (Å²) >= 11 is 5.76. The third-order valence-corrected chi connectivity index (χ3v) is 5.51. The van der Waals surface area contributed by atoms with Gasteiger partial charge in [0, 0.05) is 17.3 Å². The van der Waals surface area contributed by atoms with Gasteiger partial charge in [-0.2, -0.15) is 0 Å². The summed E-state index contributed by atoms with van der Waals surface area (Å²) < 4.78 is 31.6. The van der Waals surface area contributed by atoms with Crippen molar-refractivity contribution in [3.05, 3.63) is 29.0 Å². The summed E-state index contributed by atoms with van der Waals surface area (Å²) in [6.07, 6.45) is -0.326. The Morgan fingerprint density at radius 1 is 1.30 bits per heavy atom. The minimum atomic E-state index is -0.918. The molecule has 0 bridgehead atoms. The molecule has 1 fully saturated rings. The summed E-state index contributed by atoms with van der Waals surface area (Å²) in [4.78, 5) is 16.8. The van der Waals surface area contributed by atoms with Crippen molar-refractivity contribution in [1.82, 2.24) is 5.48 Å². The lowest BCUT2D eigenvalue weighted by Crippen LogP contribution is -2.44. The number of carbonyl (C=O) groups is 1. The molecule has 2 atom stereocenters. The fourth-order valence-electron chi connectivity index (χ4n) is 2.71. The Kier molecular flexibility index (Phi) is 9.85. The van der Waals surface area contributed by atoms with Crippen molar-refractivity contribution in [2.45, 2.75) is 70.7 Å². The van der Waals surface area contributed by atoms with E-state index in [4.69, 9.17) is 36.2 Å². The van der Waals surface area contributed by atoms with E-state index in [-0.39, 0.29) is 42.1 Å². The van der Waals surface area contributed by atoms with Crippen LogP contribution in [0.4, 0.5) is 4.39 Å². The number of halogens is 3. The molecule has 3 N–H and O–H groups in total. The highest BCUT2D eigenvalue weighted by molar-refractivity contribution is 6.47. The minimum absolute atomic E-state index is 0. The molecule has 170 valence electrons. The number of nitrogens with two attached hydrogens (primary N) is 1. The van der Waals surface area contributed by atoms with Crippen molar-refractivity contribution in [1.29, 1.82) is 0 Å². The molecule has 0 radical (unpaired) electrons. The zero-order valence-electron chi connectivity index (χ0n) is 17.9. The largest absolute Gasteiger partial charge is 0.491 e. The number of nitrogens with one attached hydrogen (secondary N) is 1. The normalized spacial score (nSPS) is 19.0. The number of benzene rings is 1. The van der Waals surface area contributed by atoms with Gasteiger partial charge in [0.2, 0.25) is 5.91 Å². The van der Waals surface area contributed by atoms with Gasteiger partial charge >= 0.3 is 7.12 Å². The van der Waals surface area contributed by atoms with Gasteiger partial charge in [0.15, 0.2) is 11.6 Å². The molecular weight excluding hydrogens is 437 g/mol. The van der Waals surface area contributed by atoms with Gasteiger partial charge in [0.25, 0.3) is 0 Å². The van der Waals surface area contributed by atoms with Gasteiger partial charge in [-0.15, -0.1) is 12.4 Å². The number of ether oxygens (including phenoxy) is 1. The van der Waals surface area contributed by atoms with Gasteiger partial charge in [0.05, 0.1) is 17.8 Å². The number of amides is 1. The van der Waals surface area contributed by atoms with Gasteiger partial charge in [0.1, 0.15) is 6.23 Å². The van der Waals surface area contributed by atoms with E-state index in [2.05, 4.69) is 5.48 Å². The number of hydrogen-bond donors (Lipinski definition) is 2. The molecule has 1 aliphatic heterocycles. The van der Waals surface area contributed by atoms with Crippen LogP contribution < -0.4 is 16.0 Å². The summed E-state index contributed by atoms with van der Waals surface area (Å²) in [5.74, 6) is -1.26. The van der Waals surface area contributed by atoms with Crippen molar-refractivity contribution in [2.75, 3.05) is 6.61 Å². The predicted octanol–water partition coefficient (Wildman–Crippen LogP) is 3.87. The zero-order chi connectivity index (χ0) is 21.8. The molecule has 2 rings (SSSR count). The van der Waals surface area contributed by atoms with E-state index in [9.17, 15) is 9.18 Å². The van der Waals surface area contributed by atoms with Gasteiger partial charge in [-0.1, -0.05) is 18.5 Å². The van der Waals surface area contributed by atoms with Crippen LogP contribution in [0.15, 0.2) is 18.2 Å². The fraction of sp³-hybridized carbons (Fsp3) is 0.632. The van der Waals surface area contributed by atoms with Crippen LogP contribution in [-0.4, -0.2) is 37.1 Å². The lowest BCUT2D eigenvalue weighted by Gasteiger charge is -2.32. The maximum absolute atomic E-state index is 13.9. The van der Waals surface area contributed by atoms with Crippen LogP contribution in [0.3, 0.4) is 0 Å². The molecule has 1 aliphatic rings. The summed E-state index contributed by atoms with van der Waals surface area (Å²) in [5.41, 5.74) is 7.35. The second-order valence-electron chi connectivity index (χ2n) is 7.96. The predicted molar refractivity (Wildman–Crippen MR) is 116 cm³/mol. The Bertz CT molecular complexity index is 710. The molecule has 0 aromatic heterocycles. The summed E-state index contributed by atoms with van der Waals surface area (Å²) in [6.45, 7) is 9.53. The Morgan fingerprint density at radius 2 is 1.90 bits per heavy atom. The van der Waals surface area contributed by atoms with Crippen LogP contribution in [0.2, 0.25) is 10.8 Å². The molecule has 0 aliphatic carbocycles. The quantitative estimate of drug-likeness (QED) is 0.326. The Morgan fingerprint density at radius 3 is 2.43 bits per heavy atom. The van der Waals surface area contributed by atoms with Crippen LogP contribution in [0.5, 0.6) is 5.75 Å². The fourth-order valence-corrected chi connectivity index (χ4v) is 2.87. The zero-order valence-corrected chi connectivity index (χ0v) is 19.4. The second-order valence-corrected chi connectivity index (χ2v) is 8.40. The van der Waals surface area contributed by atoms with E-state index in [0.29, 0.717) is 6.42 Å². The highest BCUT2D eigenvalue weighted by Crippen LogP contribution is 2.41. The monoisotopic (exact) mass is 466 g/mol. The molecule has 1 saturated heterocycles. The minimum Gasteiger partial charge on any atom is -0.491 e. The number of carbonyl (C=O) groups excluding carboxylic acids is 1. The smallest absolute Gasteiger partial charge is 0.465 e. The average molecular weight is 467 g/mol. The summed E-state index contributed by atoms with van der Waals surface area (Å²) in [5, 5.41) is 0.284. The lowest BCUT2D eigenvalue weighted by molar-refractivity contribution is -0.138. The third-order valence-electron chi connectivity index (χ3n) is 5.28. The second kappa shape index (κ2) is 11.0. The Balaban J connectivity index is 0.00000450. The first-order chi connectivity index (χ1) is 13.5. The van der Waals surface area contributed by atoms with Crippen molar-refractivity contribution in [3.63, 3.8) is 0 Å². The Labute approximate surface area is 188 Å². The highest BCUT2D eigenvalue weighted by atomic mass is 35.5. The van der Waals surface area contributed by atoms with Crippen molar-refractivity contribution in [3.8, 4) is 5.75 Å². The van der Waals surface area contributed by atoms with E-state index in [1.807, 2.05) is 27.7 Å². The first-order valence-electron chi connectivity index (χ1n) is 9.60. The van der Waals surface area contributed by atoms with E-state index >= 15 is 0 Å². The molecule has 7 nitrogen and oxygen atoms in total. The van der Waals surface area contributed by atoms with E-state index in [1.165, 1.54) is 12.1 Å². The maximum atomic E-state index is 13.9. The molecule has 0 spiro atoms. The number of hydroxylamine groups is 1. The van der Waals surface area contributed by atoms with E-state index < -0.39 is 36.2 Å². The Hall–Kier alpha value is -1.10. The SMILES string of the molecule is CCC(=O)NO[C@@H](N)[C@H](CCOc1ccc(Cl)cc1F)B1OC(C)(C)C(C)(C)O1.Cl. The van der Waals surface area contributed by atoms with Crippen LogP contribution in [0, 0.1) is 5.82 Å². The first kappa shape index (κ1) is 26.9. The lowest BCUT2D eigenvalue weighted by atomic mass is 9.69. The summed E-state index contributed by atoms with van der Waals surface area (Å²) in [7, 11) is -0.688. The topological polar surface area (TPSA) is 92.0 Å². The van der Waals surface area contributed by atoms with Crippen molar-refractivity contribution in [2.24, 2.45) is 5.73 Å². The van der Waals surface area contributed by atoms with Gasteiger partial charge in [-0.05, 0) is 52.3 Å². The first-order valence-corrected chi connectivity index (χ1v) is 9.98. The van der Waals surface area contributed by atoms with E-state index in [0.717, 1.165) is 0 Å². The van der Waals surface area contributed by atoms with E-state index in [1.54, 1.807) is 13.0 Å². The van der Waals surface area contributed by atoms with Crippen LogP contribution in [-0.2, 0) is 18.9 Å². The van der Waals surface area contributed by atoms with Gasteiger partial charge in [-0.3, -0.25) is 9.63 Å². The molecule has 0 unspecified atom stereocenters. The molecule has 0 saturated carbocycles. The molecule has 11 heteroatoms. The third kappa shape index (κ3) is 6.70. The van der Waals surface area contributed by atoms with Crippen molar-refractivity contribution < 1.29 is 28.1 Å². The average Bonchev–Trinajstić information content (AvgIpc) is 2.85. The molecule has 1 amide bonds. The van der Waals surface area contributed by atoms with Gasteiger partial charge in [-0.25, -0.2) is 9.87 Å². The van der Waals surface area contributed by atoms with Crippen LogP contribution in [0.1, 0.15) is 47.5 Å². The molecule has 30 heavy (non-hydrogen) atoms. The molecule has 1 heterocycles. The highest BCUT2D eigenvalue weighted by Gasteiger charge is 2.55. The van der Waals surface area contributed by atoms with Crippen molar-refractivity contribution >= 4 is 37.0 Å². The summed E-state index contributed by atoms with van der Waals surface area (Å²) in [6, 6.07) is 4.18. The molecule has 1 aromatic carbocycles. The van der Waals surface area contributed by atoms with Crippen LogP contribution >= 0.6 is 24.0 Å². The number of rotatable bonds is 9.